The third kappa shape index (κ3) is 3.76. The summed E-state index contributed by atoms with van der Waals surface area (Å²) in [6, 6.07) is 0. The minimum absolute atomic E-state index is 0.915. The number of nitrogens with zero attached hydrogens (tertiary/aromatic N) is 5. The van der Waals surface area contributed by atoms with Gasteiger partial charge in [-0.2, -0.15) is 5.10 Å². The van der Waals surface area contributed by atoms with Crippen LogP contribution in [-0.4, -0.2) is 62.6 Å². The van der Waals surface area contributed by atoms with Gasteiger partial charge in [0.1, 0.15) is 12.2 Å². The standard InChI is InChI=1S/C11H20BrN5/c1-15-11(13-10-14-15)9-17-5-2-4-16(6-3-12)7-8-17/h10H,2-9H2,1H3. The smallest absolute Gasteiger partial charge is 0.140 e. The van der Waals surface area contributed by atoms with Crippen LogP contribution in [0.3, 0.4) is 0 Å². The molecule has 1 aromatic rings. The molecule has 6 heteroatoms. The second kappa shape index (κ2) is 6.47. The maximum Gasteiger partial charge on any atom is 0.140 e. The highest BCUT2D eigenvalue weighted by Crippen LogP contribution is 2.07. The van der Waals surface area contributed by atoms with Gasteiger partial charge >= 0.3 is 0 Å². The predicted molar refractivity (Wildman–Crippen MR) is 71.1 cm³/mol. The highest BCUT2D eigenvalue weighted by Gasteiger charge is 2.15. The number of alkyl halides is 1. The zero-order valence-corrected chi connectivity index (χ0v) is 11.9. The lowest BCUT2D eigenvalue weighted by molar-refractivity contribution is 0.251. The fourth-order valence-corrected chi connectivity index (χ4v) is 2.69. The molecule has 1 aliphatic heterocycles. The summed E-state index contributed by atoms with van der Waals surface area (Å²) in [4.78, 5) is 9.27. The van der Waals surface area contributed by atoms with Crippen molar-refractivity contribution in [2.45, 2.75) is 13.0 Å². The number of rotatable bonds is 4. The third-order valence-corrected chi connectivity index (χ3v) is 3.61. The van der Waals surface area contributed by atoms with E-state index in [9.17, 15) is 0 Å². The molecule has 0 aromatic carbocycles. The minimum atomic E-state index is 0.915. The molecule has 0 radical (unpaired) electrons. The van der Waals surface area contributed by atoms with Crippen LogP contribution in [0.1, 0.15) is 12.2 Å². The van der Waals surface area contributed by atoms with Gasteiger partial charge in [0, 0.05) is 32.0 Å². The quantitative estimate of drug-likeness (QED) is 0.768. The number of hydrogen-bond acceptors (Lipinski definition) is 4. The van der Waals surface area contributed by atoms with Crippen LogP contribution < -0.4 is 0 Å². The average Bonchev–Trinajstić information content (AvgIpc) is 2.59. The molecular weight excluding hydrogens is 282 g/mol. The van der Waals surface area contributed by atoms with E-state index in [2.05, 4.69) is 35.8 Å². The van der Waals surface area contributed by atoms with E-state index in [4.69, 9.17) is 0 Å². The second-order valence-electron chi connectivity index (χ2n) is 4.46. The molecule has 2 rings (SSSR count). The zero-order valence-electron chi connectivity index (χ0n) is 10.3. The van der Waals surface area contributed by atoms with Crippen molar-refractivity contribution in [3.8, 4) is 0 Å². The molecule has 5 nitrogen and oxygen atoms in total. The fourth-order valence-electron chi connectivity index (χ4n) is 2.19. The predicted octanol–water partition coefficient (Wildman–Crippen LogP) is 0.718. The third-order valence-electron chi connectivity index (χ3n) is 3.25. The molecule has 0 bridgehead atoms. The number of hydrogen-bond donors (Lipinski definition) is 0. The Kier molecular flexibility index (Phi) is 4.94. The topological polar surface area (TPSA) is 37.2 Å². The van der Waals surface area contributed by atoms with Gasteiger partial charge in [0.2, 0.25) is 0 Å². The van der Waals surface area contributed by atoms with Crippen LogP contribution in [0.5, 0.6) is 0 Å². The first kappa shape index (κ1) is 13.0. The van der Waals surface area contributed by atoms with Crippen molar-refractivity contribution in [1.82, 2.24) is 24.6 Å². The van der Waals surface area contributed by atoms with Crippen molar-refractivity contribution >= 4 is 15.9 Å². The Labute approximate surface area is 111 Å². The Morgan fingerprint density at radius 2 is 2.00 bits per heavy atom. The Morgan fingerprint density at radius 1 is 1.24 bits per heavy atom. The fraction of sp³-hybridized carbons (Fsp3) is 0.818. The van der Waals surface area contributed by atoms with Crippen molar-refractivity contribution in [3.63, 3.8) is 0 Å². The van der Waals surface area contributed by atoms with Crippen molar-refractivity contribution in [2.24, 2.45) is 7.05 Å². The molecular formula is C11H20BrN5. The summed E-state index contributed by atoms with van der Waals surface area (Å²) in [5, 5.41) is 5.18. The molecule has 17 heavy (non-hydrogen) atoms. The molecule has 0 atom stereocenters. The van der Waals surface area contributed by atoms with Gasteiger partial charge in [-0.1, -0.05) is 15.9 Å². The highest BCUT2D eigenvalue weighted by atomic mass is 79.9. The minimum Gasteiger partial charge on any atom is -0.301 e. The number of aromatic nitrogens is 3. The summed E-state index contributed by atoms with van der Waals surface area (Å²) in [6.45, 7) is 6.71. The van der Waals surface area contributed by atoms with Gasteiger partial charge in [-0.25, -0.2) is 4.98 Å². The van der Waals surface area contributed by atoms with Crippen LogP contribution in [0.25, 0.3) is 0 Å². The van der Waals surface area contributed by atoms with Crippen LogP contribution in [0.15, 0.2) is 6.33 Å². The van der Waals surface area contributed by atoms with Gasteiger partial charge in [-0.3, -0.25) is 9.58 Å². The van der Waals surface area contributed by atoms with Crippen LogP contribution in [0, 0.1) is 0 Å². The Morgan fingerprint density at radius 3 is 2.71 bits per heavy atom. The van der Waals surface area contributed by atoms with Gasteiger partial charge in [-0.15, -0.1) is 0 Å². The molecule has 0 unspecified atom stereocenters. The lowest BCUT2D eigenvalue weighted by atomic mass is 10.4. The van der Waals surface area contributed by atoms with Crippen molar-refractivity contribution in [3.05, 3.63) is 12.2 Å². The highest BCUT2D eigenvalue weighted by molar-refractivity contribution is 9.09. The van der Waals surface area contributed by atoms with E-state index >= 15 is 0 Å². The van der Waals surface area contributed by atoms with Gasteiger partial charge in [-0.05, 0) is 19.5 Å². The maximum atomic E-state index is 4.28. The normalized spacial score (nSPS) is 19.4. The lowest BCUT2D eigenvalue weighted by Gasteiger charge is -2.20. The van der Waals surface area contributed by atoms with Crippen molar-refractivity contribution in [2.75, 3.05) is 38.1 Å². The summed E-state index contributed by atoms with van der Waals surface area (Å²) in [5.41, 5.74) is 0. The molecule has 1 aliphatic rings. The summed E-state index contributed by atoms with van der Waals surface area (Å²) >= 11 is 3.51. The van der Waals surface area contributed by atoms with Gasteiger partial charge < -0.3 is 4.90 Å². The van der Waals surface area contributed by atoms with Crippen LogP contribution >= 0.6 is 15.9 Å². The zero-order chi connectivity index (χ0) is 12.1. The Hall–Kier alpha value is -0.460. The lowest BCUT2D eigenvalue weighted by Crippen LogP contribution is -2.32. The van der Waals surface area contributed by atoms with E-state index in [1.165, 1.54) is 13.0 Å². The van der Waals surface area contributed by atoms with Gasteiger partial charge in [0.05, 0.1) is 6.54 Å². The summed E-state index contributed by atoms with van der Waals surface area (Å²) in [5.74, 6) is 1.05. The largest absolute Gasteiger partial charge is 0.301 e. The van der Waals surface area contributed by atoms with Crippen molar-refractivity contribution < 1.29 is 0 Å². The van der Waals surface area contributed by atoms with Gasteiger partial charge in [0.15, 0.2) is 0 Å². The van der Waals surface area contributed by atoms with E-state index in [0.29, 0.717) is 0 Å². The molecule has 1 fully saturated rings. The first-order valence-corrected chi connectivity index (χ1v) is 7.25. The van der Waals surface area contributed by atoms with Crippen LogP contribution in [0.2, 0.25) is 0 Å². The van der Waals surface area contributed by atoms with Gasteiger partial charge in [0.25, 0.3) is 0 Å². The van der Waals surface area contributed by atoms with E-state index in [1.807, 2.05) is 11.7 Å². The molecule has 0 aliphatic carbocycles. The monoisotopic (exact) mass is 301 g/mol. The molecule has 0 amide bonds. The van der Waals surface area contributed by atoms with Crippen molar-refractivity contribution in [1.29, 1.82) is 0 Å². The molecule has 1 aromatic heterocycles. The molecule has 2 heterocycles. The van der Waals surface area contributed by atoms with Crippen LogP contribution in [-0.2, 0) is 13.6 Å². The molecule has 0 saturated carbocycles. The summed E-state index contributed by atoms with van der Waals surface area (Å²) < 4.78 is 1.86. The molecule has 1 saturated heterocycles. The first-order valence-electron chi connectivity index (χ1n) is 6.13. The Bertz CT molecular complexity index is 340. The van der Waals surface area contributed by atoms with E-state index in [-0.39, 0.29) is 0 Å². The number of aryl methyl sites for hydroxylation is 1. The Balaban J connectivity index is 1.85. The molecule has 0 spiro atoms. The van der Waals surface area contributed by atoms with Crippen LogP contribution in [0.4, 0.5) is 0 Å². The summed E-state index contributed by atoms with van der Waals surface area (Å²) in [6.07, 6.45) is 2.87. The van der Waals surface area contributed by atoms with E-state index < -0.39 is 0 Å². The first-order chi connectivity index (χ1) is 8.29. The average molecular weight is 302 g/mol. The second-order valence-corrected chi connectivity index (χ2v) is 5.25. The maximum absolute atomic E-state index is 4.28. The molecule has 0 N–H and O–H groups in total. The number of halogens is 1. The summed E-state index contributed by atoms with van der Waals surface area (Å²) in [7, 11) is 1.96. The molecule has 96 valence electrons. The SMILES string of the molecule is Cn1ncnc1CN1CCCN(CCBr)CC1. The van der Waals surface area contributed by atoms with E-state index in [0.717, 1.165) is 43.9 Å². The van der Waals surface area contributed by atoms with E-state index in [1.54, 1.807) is 6.33 Å².